The van der Waals surface area contributed by atoms with Crippen molar-refractivity contribution in [1.29, 1.82) is 0 Å². The molecule has 3 rings (SSSR count). The van der Waals surface area contributed by atoms with Crippen LogP contribution in [0.1, 0.15) is 79.6 Å². The van der Waals surface area contributed by atoms with Crippen molar-refractivity contribution in [2.24, 2.45) is 5.41 Å². The molecule has 3 fully saturated rings. The van der Waals surface area contributed by atoms with E-state index in [1.54, 1.807) is 0 Å². The van der Waals surface area contributed by atoms with Crippen molar-refractivity contribution in [3.05, 3.63) is 0 Å². The molecule has 0 bridgehead atoms. The van der Waals surface area contributed by atoms with Gasteiger partial charge in [-0.25, -0.2) is 0 Å². The van der Waals surface area contributed by atoms with E-state index < -0.39 is 0 Å². The van der Waals surface area contributed by atoms with Crippen molar-refractivity contribution in [3.8, 4) is 0 Å². The first kappa shape index (κ1) is 25.2. The number of hydrogen-bond acceptors (Lipinski definition) is 4. The van der Waals surface area contributed by atoms with Gasteiger partial charge in [0.1, 0.15) is 0 Å². The fourth-order valence-corrected chi connectivity index (χ4v) is 5.32. The Hall–Kier alpha value is 0.230. The lowest BCUT2D eigenvalue weighted by Crippen LogP contribution is -2.44. The summed E-state index contributed by atoms with van der Waals surface area (Å²) >= 11 is 2.02. The van der Waals surface area contributed by atoms with Crippen molar-refractivity contribution in [1.82, 2.24) is 15.5 Å². The average Bonchev–Trinajstić information content (AvgIpc) is 3.28. The zero-order valence-corrected chi connectivity index (χ0v) is 19.3. The number of piperidine rings is 1. The molecule has 1 unspecified atom stereocenters. The molecule has 0 aromatic heterocycles. The third-order valence-electron chi connectivity index (χ3n) is 6.17. The maximum absolute atomic E-state index is 3.68. The summed E-state index contributed by atoms with van der Waals surface area (Å²) in [4.78, 5) is 2.76. The molecule has 1 aliphatic carbocycles. The Morgan fingerprint density at radius 3 is 1.96 bits per heavy atom. The highest BCUT2D eigenvalue weighted by atomic mass is 32.2. The molecule has 152 valence electrons. The van der Waals surface area contributed by atoms with Crippen LogP contribution in [0.25, 0.3) is 0 Å². The molecule has 2 heterocycles. The lowest BCUT2D eigenvalue weighted by atomic mass is 9.79. The van der Waals surface area contributed by atoms with Crippen LogP contribution in [-0.2, 0) is 0 Å². The van der Waals surface area contributed by atoms with Gasteiger partial charge in [0.15, 0.2) is 0 Å². The molecule has 1 atom stereocenters. The Balaban J connectivity index is 0.000000396. The molecule has 1 saturated carbocycles. The molecule has 0 amide bonds. The minimum Gasteiger partial charge on any atom is -0.317 e. The van der Waals surface area contributed by atoms with Crippen LogP contribution in [-0.4, -0.2) is 55.8 Å². The maximum Gasteiger partial charge on any atom is 0.0671 e. The third kappa shape index (κ3) is 7.04. The molecule has 4 heteroatoms. The van der Waals surface area contributed by atoms with E-state index >= 15 is 0 Å². The summed E-state index contributed by atoms with van der Waals surface area (Å²) in [6.07, 6.45) is 12.1. The van der Waals surface area contributed by atoms with Gasteiger partial charge in [-0.15, -0.1) is 11.8 Å². The molecule has 0 aromatic carbocycles. The molecule has 2 N–H and O–H groups in total. The second kappa shape index (κ2) is 13.4. The highest BCUT2D eigenvalue weighted by Gasteiger charge is 2.52. The Bertz CT molecular complexity index is 305. The smallest absolute Gasteiger partial charge is 0.0671 e. The molecular weight excluding hydrogens is 326 g/mol. The molecule has 2 saturated heterocycles. The molecule has 25 heavy (non-hydrogen) atoms. The first-order valence-electron chi connectivity index (χ1n) is 10.7. The zero-order chi connectivity index (χ0) is 19.3. The number of likely N-dealkylation sites (tertiary alicyclic amines) is 1. The van der Waals surface area contributed by atoms with Gasteiger partial charge in [0.05, 0.1) is 4.87 Å². The number of nitrogens with one attached hydrogen (secondary N) is 2. The van der Waals surface area contributed by atoms with Gasteiger partial charge in [-0.05, 0) is 84.4 Å². The van der Waals surface area contributed by atoms with Crippen LogP contribution in [0.15, 0.2) is 0 Å². The first-order valence-corrected chi connectivity index (χ1v) is 11.9. The van der Waals surface area contributed by atoms with Crippen molar-refractivity contribution in [2.45, 2.75) is 90.5 Å². The lowest BCUT2D eigenvalue weighted by Gasteiger charge is -2.39. The Morgan fingerprint density at radius 2 is 1.52 bits per heavy atom. The van der Waals surface area contributed by atoms with Gasteiger partial charge < -0.3 is 15.5 Å². The molecule has 0 radical (unpaired) electrons. The topological polar surface area (TPSA) is 27.3 Å². The van der Waals surface area contributed by atoms with Gasteiger partial charge in [0, 0.05) is 6.04 Å². The van der Waals surface area contributed by atoms with Crippen molar-refractivity contribution in [3.63, 3.8) is 0 Å². The van der Waals surface area contributed by atoms with Crippen LogP contribution in [0.3, 0.4) is 0 Å². The fourth-order valence-electron chi connectivity index (χ4n) is 4.33. The first-order chi connectivity index (χ1) is 12.1. The normalized spacial score (nSPS) is 28.3. The van der Waals surface area contributed by atoms with E-state index in [9.17, 15) is 0 Å². The standard InChI is InChI=1S/C10H19NS.C7H16N2.2C2H6/c1-9(12-2)10(7-8-11-9)5-3-4-6-10;1-8-7-3-5-9(2)6-4-7;2*1-2/h11H,3-8H2,1-2H3;7-8H,3-6H2,1-2H3;2*1-2H3. The van der Waals surface area contributed by atoms with Gasteiger partial charge in [-0.1, -0.05) is 40.5 Å². The van der Waals surface area contributed by atoms with Crippen molar-refractivity contribution >= 4 is 11.8 Å². The van der Waals surface area contributed by atoms with Gasteiger partial charge in [-0.2, -0.15) is 0 Å². The van der Waals surface area contributed by atoms with E-state index in [1.807, 2.05) is 39.5 Å². The Labute approximate surface area is 163 Å². The van der Waals surface area contributed by atoms with Crippen LogP contribution >= 0.6 is 11.8 Å². The quantitative estimate of drug-likeness (QED) is 0.714. The molecular formula is C21H47N3S. The van der Waals surface area contributed by atoms with E-state index in [0.717, 1.165) is 6.04 Å². The summed E-state index contributed by atoms with van der Waals surface area (Å²) in [5, 5.41) is 6.98. The van der Waals surface area contributed by atoms with Crippen LogP contribution < -0.4 is 10.6 Å². The maximum atomic E-state index is 3.68. The largest absolute Gasteiger partial charge is 0.317 e. The SMILES string of the molecule is CC.CC.CNC1CCN(C)CC1.CSC1(C)NCCC12CCCC2. The number of rotatable bonds is 2. The van der Waals surface area contributed by atoms with Crippen LogP contribution in [0.4, 0.5) is 0 Å². The molecule has 3 aliphatic rings. The number of nitrogens with zero attached hydrogens (tertiary/aromatic N) is 1. The molecule has 0 aromatic rings. The van der Waals surface area contributed by atoms with E-state index in [0.29, 0.717) is 10.3 Å². The van der Waals surface area contributed by atoms with Crippen LogP contribution in [0, 0.1) is 5.41 Å². The minimum absolute atomic E-state index is 0.378. The summed E-state index contributed by atoms with van der Waals surface area (Å²) in [7, 11) is 4.24. The van der Waals surface area contributed by atoms with E-state index in [4.69, 9.17) is 0 Å². The minimum atomic E-state index is 0.378. The van der Waals surface area contributed by atoms with E-state index in [1.165, 1.54) is 64.6 Å². The Kier molecular flexibility index (Phi) is 13.5. The fraction of sp³-hybridized carbons (Fsp3) is 1.00. The van der Waals surface area contributed by atoms with Gasteiger partial charge in [-0.3, -0.25) is 0 Å². The second-order valence-electron chi connectivity index (χ2n) is 7.27. The molecule has 1 spiro atoms. The van der Waals surface area contributed by atoms with Crippen molar-refractivity contribution < 1.29 is 0 Å². The predicted octanol–water partition coefficient (Wildman–Crippen LogP) is 4.97. The summed E-state index contributed by atoms with van der Waals surface area (Å²) < 4.78 is 0. The highest BCUT2D eigenvalue weighted by Crippen LogP contribution is 2.55. The average molecular weight is 374 g/mol. The van der Waals surface area contributed by atoms with Crippen molar-refractivity contribution in [2.75, 3.05) is 40.0 Å². The number of hydrogen-bond donors (Lipinski definition) is 2. The summed E-state index contributed by atoms with van der Waals surface area (Å²) in [6.45, 7) is 14.1. The third-order valence-corrected chi connectivity index (χ3v) is 7.57. The zero-order valence-electron chi connectivity index (χ0n) is 18.5. The van der Waals surface area contributed by atoms with Gasteiger partial charge in [0.25, 0.3) is 0 Å². The predicted molar refractivity (Wildman–Crippen MR) is 118 cm³/mol. The summed E-state index contributed by atoms with van der Waals surface area (Å²) in [5.74, 6) is 0. The monoisotopic (exact) mass is 373 g/mol. The van der Waals surface area contributed by atoms with Gasteiger partial charge >= 0.3 is 0 Å². The summed E-state index contributed by atoms with van der Waals surface area (Å²) in [5.41, 5.74) is 0.645. The number of thioether (sulfide) groups is 1. The lowest BCUT2D eigenvalue weighted by molar-refractivity contribution is 0.240. The molecule has 3 nitrogen and oxygen atoms in total. The summed E-state index contributed by atoms with van der Waals surface area (Å²) in [6, 6.07) is 0.779. The molecule has 2 aliphatic heterocycles. The van der Waals surface area contributed by atoms with Crippen LogP contribution in [0.5, 0.6) is 0 Å². The second-order valence-corrected chi connectivity index (χ2v) is 8.49. The van der Waals surface area contributed by atoms with Gasteiger partial charge in [0.2, 0.25) is 0 Å². The Morgan fingerprint density at radius 1 is 1.00 bits per heavy atom. The van der Waals surface area contributed by atoms with E-state index in [2.05, 4.69) is 42.8 Å². The van der Waals surface area contributed by atoms with E-state index in [-0.39, 0.29) is 0 Å². The highest BCUT2D eigenvalue weighted by molar-refractivity contribution is 7.99. The van der Waals surface area contributed by atoms with Crippen LogP contribution in [0.2, 0.25) is 0 Å².